The summed E-state index contributed by atoms with van der Waals surface area (Å²) in [5.41, 5.74) is 1.69. The molecular weight excluding hydrogens is 437 g/mol. The maximum Gasteiger partial charge on any atom is 0.246 e. The average Bonchev–Trinajstić information content (AvgIpc) is 2.66. The van der Waals surface area contributed by atoms with Gasteiger partial charge in [-0.05, 0) is 56.3 Å². The molecule has 0 bridgehead atoms. The van der Waals surface area contributed by atoms with Crippen molar-refractivity contribution in [2.75, 3.05) is 12.4 Å². The molecule has 0 spiro atoms. The van der Waals surface area contributed by atoms with Gasteiger partial charge in [0.2, 0.25) is 21.8 Å². The van der Waals surface area contributed by atoms with Gasteiger partial charge in [-0.15, -0.1) is 0 Å². The van der Waals surface area contributed by atoms with Crippen LogP contribution in [0.1, 0.15) is 18.1 Å². The lowest BCUT2D eigenvalue weighted by Gasteiger charge is -2.16. The highest BCUT2D eigenvalue weighted by Gasteiger charge is 2.19. The van der Waals surface area contributed by atoms with Crippen molar-refractivity contribution in [1.82, 2.24) is 10.0 Å². The predicted octanol–water partition coefficient (Wildman–Crippen LogP) is 2.90. The number of hydrogen-bond acceptors (Lipinski definition) is 4. The predicted molar refractivity (Wildman–Crippen MR) is 114 cm³/mol. The molecule has 0 aliphatic rings. The zero-order valence-corrected chi connectivity index (χ0v) is 18.4. The quantitative estimate of drug-likeness (QED) is 0.594. The highest BCUT2D eigenvalue weighted by molar-refractivity contribution is 7.89. The summed E-state index contributed by atoms with van der Waals surface area (Å²) >= 11 is 11.8. The molecule has 156 valence electrons. The molecule has 3 N–H and O–H groups in total. The first-order valence-corrected chi connectivity index (χ1v) is 10.9. The van der Waals surface area contributed by atoms with Crippen molar-refractivity contribution in [1.29, 1.82) is 0 Å². The van der Waals surface area contributed by atoms with Crippen LogP contribution in [0.4, 0.5) is 5.69 Å². The van der Waals surface area contributed by atoms with Crippen molar-refractivity contribution < 1.29 is 18.0 Å². The summed E-state index contributed by atoms with van der Waals surface area (Å²) in [6, 6.07) is 8.42. The second kappa shape index (κ2) is 9.58. The largest absolute Gasteiger partial charge is 0.344 e. The van der Waals surface area contributed by atoms with E-state index in [0.717, 1.165) is 0 Å². The van der Waals surface area contributed by atoms with Crippen molar-refractivity contribution in [3.05, 3.63) is 57.6 Å². The van der Waals surface area contributed by atoms with Crippen molar-refractivity contribution >= 4 is 50.7 Å². The van der Waals surface area contributed by atoms with Crippen LogP contribution in [-0.2, 0) is 26.0 Å². The number of rotatable bonds is 7. The summed E-state index contributed by atoms with van der Waals surface area (Å²) in [7, 11) is -2.34. The molecule has 1 unspecified atom stereocenters. The maximum atomic E-state index is 12.5. The molecule has 0 fully saturated rings. The number of carbonyl (C=O) groups excluding carboxylic acids is 2. The monoisotopic (exact) mass is 457 g/mol. The van der Waals surface area contributed by atoms with Gasteiger partial charge in [0.15, 0.2) is 0 Å². The highest BCUT2D eigenvalue weighted by Crippen LogP contribution is 2.23. The normalized spacial score (nSPS) is 12.3. The third kappa shape index (κ3) is 6.17. The van der Waals surface area contributed by atoms with Gasteiger partial charge < -0.3 is 10.6 Å². The summed E-state index contributed by atoms with van der Waals surface area (Å²) < 4.78 is 26.1. The fourth-order valence-electron chi connectivity index (χ4n) is 2.45. The zero-order valence-electron chi connectivity index (χ0n) is 16.0. The van der Waals surface area contributed by atoms with E-state index in [-0.39, 0.29) is 17.2 Å². The van der Waals surface area contributed by atoms with E-state index in [0.29, 0.717) is 26.9 Å². The smallest absolute Gasteiger partial charge is 0.246 e. The number of nitrogens with one attached hydrogen (secondary N) is 3. The number of benzene rings is 2. The third-order valence-electron chi connectivity index (χ3n) is 4.17. The van der Waals surface area contributed by atoms with Crippen LogP contribution in [0.3, 0.4) is 0 Å². The maximum absolute atomic E-state index is 12.5. The Bertz CT molecular complexity index is 1040. The molecular formula is C19H21Cl2N3O4S. The first-order valence-electron chi connectivity index (χ1n) is 8.62. The van der Waals surface area contributed by atoms with Gasteiger partial charge in [-0.1, -0.05) is 35.3 Å². The molecule has 0 heterocycles. The summed E-state index contributed by atoms with van der Waals surface area (Å²) in [5, 5.41) is 5.98. The Hall–Kier alpha value is -2.13. The van der Waals surface area contributed by atoms with Crippen molar-refractivity contribution in [3.63, 3.8) is 0 Å². The van der Waals surface area contributed by atoms with Crippen LogP contribution < -0.4 is 15.4 Å². The molecule has 0 saturated carbocycles. The van der Waals surface area contributed by atoms with Gasteiger partial charge in [0, 0.05) is 5.69 Å². The van der Waals surface area contributed by atoms with Crippen LogP contribution in [0.15, 0.2) is 41.3 Å². The van der Waals surface area contributed by atoms with Crippen LogP contribution in [0.25, 0.3) is 0 Å². The molecule has 2 rings (SSSR count). The Labute approximate surface area is 179 Å². The number of aryl methyl sites for hydroxylation is 1. The standard InChI is InChI=1S/C19H21Cl2N3O4S/c1-11-4-6-14(29(27,28)22-3)10-17(11)24-19(26)12(2)23-18(25)9-13-5-7-15(20)16(21)8-13/h4-8,10,12,22H,9H2,1-3H3,(H,23,25)(H,24,26). The number of carbonyl (C=O) groups is 2. The minimum atomic E-state index is -3.64. The number of anilines is 1. The fraction of sp³-hybridized carbons (Fsp3) is 0.263. The Morgan fingerprint density at radius 2 is 1.76 bits per heavy atom. The van der Waals surface area contributed by atoms with Gasteiger partial charge in [0.25, 0.3) is 0 Å². The molecule has 0 aliphatic heterocycles. The third-order valence-corrected chi connectivity index (χ3v) is 6.32. The minimum Gasteiger partial charge on any atom is -0.344 e. The molecule has 2 aromatic carbocycles. The molecule has 7 nitrogen and oxygen atoms in total. The zero-order chi connectivity index (χ0) is 21.8. The van der Waals surface area contributed by atoms with E-state index in [9.17, 15) is 18.0 Å². The molecule has 2 aromatic rings. The first kappa shape index (κ1) is 23.2. The van der Waals surface area contributed by atoms with Crippen LogP contribution in [0.5, 0.6) is 0 Å². The van der Waals surface area contributed by atoms with Crippen molar-refractivity contribution in [2.24, 2.45) is 0 Å². The molecule has 1 atom stereocenters. The lowest BCUT2D eigenvalue weighted by molar-refractivity contribution is -0.125. The summed E-state index contributed by atoms with van der Waals surface area (Å²) in [6.07, 6.45) is 0.0312. The van der Waals surface area contributed by atoms with Gasteiger partial charge in [0.1, 0.15) is 6.04 Å². The number of amides is 2. The van der Waals surface area contributed by atoms with E-state index in [1.807, 2.05) is 0 Å². The van der Waals surface area contributed by atoms with Crippen molar-refractivity contribution in [3.8, 4) is 0 Å². The summed E-state index contributed by atoms with van der Waals surface area (Å²) in [6.45, 7) is 3.27. The second-order valence-electron chi connectivity index (χ2n) is 6.39. The Kier molecular flexibility index (Phi) is 7.65. The lowest BCUT2D eigenvalue weighted by atomic mass is 10.1. The van der Waals surface area contributed by atoms with Gasteiger partial charge >= 0.3 is 0 Å². The number of sulfonamides is 1. The fourth-order valence-corrected chi connectivity index (χ4v) is 3.53. The van der Waals surface area contributed by atoms with Gasteiger partial charge in [-0.2, -0.15) is 0 Å². The molecule has 10 heteroatoms. The lowest BCUT2D eigenvalue weighted by Crippen LogP contribution is -2.42. The number of halogens is 2. The van der Waals surface area contributed by atoms with E-state index in [4.69, 9.17) is 23.2 Å². The highest BCUT2D eigenvalue weighted by atomic mass is 35.5. The van der Waals surface area contributed by atoms with Gasteiger partial charge in [-0.3, -0.25) is 9.59 Å². The summed E-state index contributed by atoms with van der Waals surface area (Å²) in [5.74, 6) is -0.844. The molecule has 0 saturated heterocycles. The molecule has 0 aromatic heterocycles. The minimum absolute atomic E-state index is 0.0252. The van der Waals surface area contributed by atoms with Crippen LogP contribution in [0.2, 0.25) is 10.0 Å². The molecule has 0 aliphatic carbocycles. The first-order chi connectivity index (χ1) is 13.5. The van der Waals surface area contributed by atoms with E-state index in [1.54, 1.807) is 31.2 Å². The van der Waals surface area contributed by atoms with Crippen LogP contribution in [-0.4, -0.2) is 33.3 Å². The van der Waals surface area contributed by atoms with E-state index in [1.165, 1.54) is 26.1 Å². The van der Waals surface area contributed by atoms with Gasteiger partial charge in [-0.25, -0.2) is 13.1 Å². The Balaban J connectivity index is 2.04. The molecule has 29 heavy (non-hydrogen) atoms. The van der Waals surface area contributed by atoms with Crippen LogP contribution in [0, 0.1) is 6.92 Å². The Morgan fingerprint density at radius 3 is 2.38 bits per heavy atom. The second-order valence-corrected chi connectivity index (χ2v) is 9.09. The van der Waals surface area contributed by atoms with Crippen molar-refractivity contribution in [2.45, 2.75) is 31.2 Å². The van der Waals surface area contributed by atoms with E-state index >= 15 is 0 Å². The van der Waals surface area contributed by atoms with E-state index in [2.05, 4.69) is 15.4 Å². The number of hydrogen-bond donors (Lipinski definition) is 3. The SMILES string of the molecule is CNS(=O)(=O)c1ccc(C)c(NC(=O)C(C)NC(=O)Cc2ccc(Cl)c(Cl)c2)c1. The summed E-state index contributed by atoms with van der Waals surface area (Å²) in [4.78, 5) is 24.7. The van der Waals surface area contributed by atoms with Crippen LogP contribution >= 0.6 is 23.2 Å². The van der Waals surface area contributed by atoms with Gasteiger partial charge in [0.05, 0.1) is 21.4 Å². The topological polar surface area (TPSA) is 104 Å². The molecule has 2 amide bonds. The molecule has 0 radical (unpaired) electrons. The van der Waals surface area contributed by atoms with E-state index < -0.39 is 22.0 Å². The average molecular weight is 458 g/mol. The Morgan fingerprint density at radius 1 is 1.07 bits per heavy atom.